The van der Waals surface area contributed by atoms with E-state index in [9.17, 15) is 4.79 Å². The fraction of sp³-hybridized carbons (Fsp3) is 0.429. The molecule has 0 unspecified atom stereocenters. The molecule has 3 N–H and O–H groups in total. The second-order valence-corrected chi connectivity index (χ2v) is 3.71. The maximum absolute atomic E-state index is 11.3. The summed E-state index contributed by atoms with van der Waals surface area (Å²) in [5.74, 6) is -0.106. The van der Waals surface area contributed by atoms with Crippen LogP contribution in [-0.4, -0.2) is 16.9 Å². The van der Waals surface area contributed by atoms with Crippen molar-refractivity contribution in [3.63, 3.8) is 0 Å². The van der Waals surface area contributed by atoms with Gasteiger partial charge in [0, 0.05) is 11.4 Å². The molecule has 1 fully saturated rings. The second kappa shape index (κ2) is 2.75. The van der Waals surface area contributed by atoms with Crippen LogP contribution in [0.25, 0.3) is 0 Å². The quantitative estimate of drug-likeness (QED) is 0.706. The van der Waals surface area contributed by atoms with Gasteiger partial charge in [0.25, 0.3) is 5.91 Å². The van der Waals surface area contributed by atoms with Crippen LogP contribution >= 0.6 is 11.3 Å². The number of nitrogens with zero attached hydrogens (tertiary/aromatic N) is 1. The lowest BCUT2D eigenvalue weighted by atomic mass is 10.4. The van der Waals surface area contributed by atoms with Gasteiger partial charge in [-0.05, 0) is 12.8 Å². The third-order valence-corrected chi connectivity index (χ3v) is 2.34. The normalized spacial score (nSPS) is 16.0. The average molecular weight is 183 g/mol. The van der Waals surface area contributed by atoms with Gasteiger partial charge in [-0.25, -0.2) is 4.98 Å². The molecule has 1 amide bonds. The van der Waals surface area contributed by atoms with Crippen LogP contribution in [-0.2, 0) is 0 Å². The molecule has 4 nitrogen and oxygen atoms in total. The van der Waals surface area contributed by atoms with Crippen molar-refractivity contribution in [2.24, 2.45) is 0 Å². The van der Waals surface area contributed by atoms with E-state index in [1.54, 1.807) is 5.38 Å². The van der Waals surface area contributed by atoms with Crippen molar-refractivity contribution < 1.29 is 4.79 Å². The van der Waals surface area contributed by atoms with Gasteiger partial charge >= 0.3 is 0 Å². The number of nitrogens with one attached hydrogen (secondary N) is 1. The highest BCUT2D eigenvalue weighted by molar-refractivity contribution is 7.13. The third kappa shape index (κ3) is 1.55. The van der Waals surface area contributed by atoms with Crippen LogP contribution in [0, 0.1) is 0 Å². The van der Waals surface area contributed by atoms with Crippen LogP contribution in [0.3, 0.4) is 0 Å². The first kappa shape index (κ1) is 7.54. The van der Waals surface area contributed by atoms with E-state index in [-0.39, 0.29) is 5.91 Å². The molecule has 0 aliphatic heterocycles. The highest BCUT2D eigenvalue weighted by Gasteiger charge is 2.24. The second-order valence-electron chi connectivity index (χ2n) is 2.82. The van der Waals surface area contributed by atoms with Gasteiger partial charge in [0.15, 0.2) is 5.13 Å². The van der Waals surface area contributed by atoms with E-state index in [0.29, 0.717) is 16.9 Å². The Morgan fingerprint density at radius 1 is 1.75 bits per heavy atom. The first-order valence-corrected chi connectivity index (χ1v) is 4.65. The van der Waals surface area contributed by atoms with Crippen molar-refractivity contribution >= 4 is 22.4 Å². The number of nitrogens with two attached hydrogens (primary N) is 1. The fourth-order valence-electron chi connectivity index (χ4n) is 0.879. The monoisotopic (exact) mass is 183 g/mol. The molecule has 0 saturated heterocycles. The van der Waals surface area contributed by atoms with Crippen molar-refractivity contribution in [2.75, 3.05) is 5.73 Å². The minimum atomic E-state index is -0.106. The summed E-state index contributed by atoms with van der Waals surface area (Å²) < 4.78 is 0. The smallest absolute Gasteiger partial charge is 0.271 e. The Balaban J connectivity index is 2.03. The van der Waals surface area contributed by atoms with Crippen LogP contribution in [0.1, 0.15) is 23.3 Å². The molecule has 64 valence electrons. The standard InChI is InChI=1S/C7H9N3OS/c8-7-10-5(3-12-7)6(11)9-4-1-2-4/h3-4H,1-2H2,(H2,8,10)(H,9,11). The van der Waals surface area contributed by atoms with Crippen LogP contribution in [0.2, 0.25) is 0 Å². The zero-order chi connectivity index (χ0) is 8.55. The zero-order valence-electron chi connectivity index (χ0n) is 6.41. The summed E-state index contributed by atoms with van der Waals surface area (Å²) in [5, 5.41) is 4.95. The molecule has 0 aromatic carbocycles. The lowest BCUT2D eigenvalue weighted by Gasteiger charge is -1.97. The number of aromatic nitrogens is 1. The molecule has 1 aliphatic carbocycles. The van der Waals surface area contributed by atoms with E-state index in [1.165, 1.54) is 11.3 Å². The fourth-order valence-corrected chi connectivity index (χ4v) is 1.42. The third-order valence-electron chi connectivity index (χ3n) is 1.67. The number of thiazole rings is 1. The van der Waals surface area contributed by atoms with Crippen molar-refractivity contribution in [3.05, 3.63) is 11.1 Å². The van der Waals surface area contributed by atoms with Crippen molar-refractivity contribution in [1.29, 1.82) is 0 Å². The van der Waals surface area contributed by atoms with Gasteiger partial charge < -0.3 is 11.1 Å². The molecule has 1 saturated carbocycles. The van der Waals surface area contributed by atoms with Gasteiger partial charge in [0.2, 0.25) is 0 Å². The van der Waals surface area contributed by atoms with E-state index in [1.807, 2.05) is 0 Å². The summed E-state index contributed by atoms with van der Waals surface area (Å²) >= 11 is 1.29. The number of hydrogen-bond donors (Lipinski definition) is 2. The van der Waals surface area contributed by atoms with E-state index >= 15 is 0 Å². The van der Waals surface area contributed by atoms with E-state index in [0.717, 1.165) is 12.8 Å². The predicted octanol–water partition coefficient (Wildman–Crippen LogP) is 0.617. The molecular formula is C7H9N3OS. The molecule has 1 heterocycles. The van der Waals surface area contributed by atoms with Gasteiger partial charge in [-0.1, -0.05) is 0 Å². The Morgan fingerprint density at radius 2 is 2.50 bits per heavy atom. The lowest BCUT2D eigenvalue weighted by molar-refractivity contribution is 0.0947. The summed E-state index contributed by atoms with van der Waals surface area (Å²) in [4.78, 5) is 15.2. The summed E-state index contributed by atoms with van der Waals surface area (Å²) in [7, 11) is 0. The number of carbonyl (C=O) groups excluding carboxylic acids is 1. The molecule has 1 aliphatic rings. The van der Waals surface area contributed by atoms with Gasteiger partial charge in [0.05, 0.1) is 0 Å². The van der Waals surface area contributed by atoms with Gasteiger partial charge in [0.1, 0.15) is 5.69 Å². The predicted molar refractivity (Wildman–Crippen MR) is 47.0 cm³/mol. The number of amides is 1. The molecule has 1 aromatic rings. The minimum absolute atomic E-state index is 0.106. The number of nitrogen functional groups attached to an aromatic ring is 1. The van der Waals surface area contributed by atoms with Crippen LogP contribution in [0.4, 0.5) is 5.13 Å². The summed E-state index contributed by atoms with van der Waals surface area (Å²) in [6, 6.07) is 0.375. The molecule has 1 aromatic heterocycles. The molecular weight excluding hydrogens is 174 g/mol. The van der Waals surface area contributed by atoms with Crippen LogP contribution in [0.15, 0.2) is 5.38 Å². The van der Waals surface area contributed by atoms with Gasteiger partial charge in [-0.2, -0.15) is 0 Å². The maximum Gasteiger partial charge on any atom is 0.271 e. The summed E-state index contributed by atoms with van der Waals surface area (Å²) in [6.45, 7) is 0. The van der Waals surface area contributed by atoms with E-state index < -0.39 is 0 Å². The largest absolute Gasteiger partial charge is 0.375 e. The Morgan fingerprint density at radius 3 is 3.00 bits per heavy atom. The molecule has 0 atom stereocenters. The van der Waals surface area contributed by atoms with Crippen LogP contribution in [0.5, 0.6) is 0 Å². The Hall–Kier alpha value is -1.10. The molecule has 0 spiro atoms. The first-order chi connectivity index (χ1) is 5.75. The molecule has 12 heavy (non-hydrogen) atoms. The Kier molecular flexibility index (Phi) is 1.73. The van der Waals surface area contributed by atoms with E-state index in [4.69, 9.17) is 5.73 Å². The molecule has 5 heteroatoms. The highest BCUT2D eigenvalue weighted by Crippen LogP contribution is 2.19. The van der Waals surface area contributed by atoms with E-state index in [2.05, 4.69) is 10.3 Å². The summed E-state index contributed by atoms with van der Waals surface area (Å²) in [6.07, 6.45) is 2.18. The Labute approximate surface area is 73.8 Å². The first-order valence-electron chi connectivity index (χ1n) is 3.77. The molecule has 0 radical (unpaired) electrons. The number of carbonyl (C=O) groups is 1. The molecule has 2 rings (SSSR count). The maximum atomic E-state index is 11.3. The van der Waals surface area contributed by atoms with Crippen molar-refractivity contribution in [1.82, 2.24) is 10.3 Å². The van der Waals surface area contributed by atoms with Gasteiger partial charge in [-0.3, -0.25) is 4.79 Å². The summed E-state index contributed by atoms with van der Waals surface area (Å²) in [5.41, 5.74) is 5.82. The lowest BCUT2D eigenvalue weighted by Crippen LogP contribution is -2.25. The highest BCUT2D eigenvalue weighted by atomic mass is 32.1. The zero-order valence-corrected chi connectivity index (χ0v) is 7.23. The SMILES string of the molecule is Nc1nc(C(=O)NC2CC2)cs1. The topological polar surface area (TPSA) is 68.0 Å². The number of anilines is 1. The van der Waals surface area contributed by atoms with Crippen molar-refractivity contribution in [2.45, 2.75) is 18.9 Å². The molecule has 0 bridgehead atoms. The van der Waals surface area contributed by atoms with Gasteiger partial charge in [-0.15, -0.1) is 11.3 Å². The Bertz CT molecular complexity index is 305. The van der Waals surface area contributed by atoms with Crippen molar-refractivity contribution in [3.8, 4) is 0 Å². The van der Waals surface area contributed by atoms with Crippen LogP contribution < -0.4 is 11.1 Å². The minimum Gasteiger partial charge on any atom is -0.375 e. The average Bonchev–Trinajstić information content (AvgIpc) is 2.72. The number of hydrogen-bond acceptors (Lipinski definition) is 4. The number of rotatable bonds is 2.